The molecule has 0 aliphatic rings. The number of rotatable bonds is 8. The molecular weight excluding hydrogens is 306 g/mol. The Bertz CT molecular complexity index is 531. The molecule has 0 unspecified atom stereocenters. The standard InChI is InChI=1S/C16H22ClNO4/c1-4-22-16-12(6-5-7-13(16)17)10-14(19)18(11(2)3)9-8-15(20)21/h5-7,11H,4,8-10H2,1-3H3,(H,20,21). The van der Waals surface area contributed by atoms with Gasteiger partial charge in [0.1, 0.15) is 5.75 Å². The first-order chi connectivity index (χ1) is 10.4. The summed E-state index contributed by atoms with van der Waals surface area (Å²) in [6.07, 6.45) is 0.0610. The first-order valence-corrected chi connectivity index (χ1v) is 7.66. The van der Waals surface area contributed by atoms with E-state index in [2.05, 4.69) is 0 Å². The lowest BCUT2D eigenvalue weighted by molar-refractivity contribution is -0.139. The summed E-state index contributed by atoms with van der Waals surface area (Å²) >= 11 is 6.11. The molecule has 0 spiro atoms. The van der Waals surface area contributed by atoms with Crippen LogP contribution in [0.4, 0.5) is 0 Å². The predicted molar refractivity (Wildman–Crippen MR) is 85.4 cm³/mol. The molecule has 0 fully saturated rings. The maximum Gasteiger partial charge on any atom is 0.305 e. The molecule has 1 amide bonds. The predicted octanol–water partition coefficient (Wildman–Crippen LogP) is 2.99. The zero-order valence-corrected chi connectivity index (χ0v) is 13.9. The Morgan fingerprint density at radius 1 is 1.36 bits per heavy atom. The summed E-state index contributed by atoms with van der Waals surface area (Å²) in [5, 5.41) is 9.26. The number of amides is 1. The van der Waals surface area contributed by atoms with Gasteiger partial charge in [0, 0.05) is 18.2 Å². The summed E-state index contributed by atoms with van der Waals surface area (Å²) in [7, 11) is 0. The second-order valence-corrected chi connectivity index (χ2v) is 5.57. The van der Waals surface area contributed by atoms with E-state index in [0.717, 1.165) is 0 Å². The molecule has 0 aromatic heterocycles. The number of benzene rings is 1. The van der Waals surface area contributed by atoms with E-state index in [1.54, 1.807) is 23.1 Å². The molecule has 0 saturated carbocycles. The highest BCUT2D eigenvalue weighted by atomic mass is 35.5. The Hall–Kier alpha value is -1.75. The number of carboxylic acids is 1. The van der Waals surface area contributed by atoms with Crippen molar-refractivity contribution < 1.29 is 19.4 Å². The average Bonchev–Trinajstić information content (AvgIpc) is 2.42. The second kappa shape index (κ2) is 8.63. The molecule has 0 radical (unpaired) electrons. The highest BCUT2D eigenvalue weighted by Gasteiger charge is 2.20. The molecule has 1 aromatic carbocycles. The third kappa shape index (κ3) is 5.22. The van der Waals surface area contributed by atoms with Gasteiger partial charge in [-0.05, 0) is 26.8 Å². The minimum atomic E-state index is -0.920. The van der Waals surface area contributed by atoms with Crippen molar-refractivity contribution in [1.29, 1.82) is 0 Å². The van der Waals surface area contributed by atoms with Gasteiger partial charge in [0.25, 0.3) is 0 Å². The van der Waals surface area contributed by atoms with E-state index in [1.807, 2.05) is 20.8 Å². The Morgan fingerprint density at radius 2 is 2.05 bits per heavy atom. The maximum atomic E-state index is 12.5. The summed E-state index contributed by atoms with van der Waals surface area (Å²) < 4.78 is 5.51. The molecule has 0 aliphatic carbocycles. The monoisotopic (exact) mass is 327 g/mol. The largest absolute Gasteiger partial charge is 0.492 e. The van der Waals surface area contributed by atoms with Crippen LogP contribution >= 0.6 is 11.6 Å². The van der Waals surface area contributed by atoms with E-state index in [-0.39, 0.29) is 31.3 Å². The maximum absolute atomic E-state index is 12.5. The minimum absolute atomic E-state index is 0.0680. The minimum Gasteiger partial charge on any atom is -0.492 e. The van der Waals surface area contributed by atoms with Crippen molar-refractivity contribution in [1.82, 2.24) is 4.90 Å². The molecule has 0 aliphatic heterocycles. The average molecular weight is 328 g/mol. The van der Waals surface area contributed by atoms with Crippen molar-refractivity contribution in [2.24, 2.45) is 0 Å². The SMILES string of the molecule is CCOc1c(Cl)cccc1CC(=O)N(CCC(=O)O)C(C)C. The van der Waals surface area contributed by atoms with Crippen LogP contribution in [0.5, 0.6) is 5.75 Å². The van der Waals surface area contributed by atoms with Crippen molar-refractivity contribution >= 4 is 23.5 Å². The molecule has 0 saturated heterocycles. The zero-order valence-electron chi connectivity index (χ0n) is 13.1. The molecule has 1 aromatic rings. The summed E-state index contributed by atoms with van der Waals surface area (Å²) in [5.74, 6) is -0.544. The Morgan fingerprint density at radius 3 is 2.59 bits per heavy atom. The lowest BCUT2D eigenvalue weighted by atomic mass is 10.1. The highest BCUT2D eigenvalue weighted by molar-refractivity contribution is 6.32. The van der Waals surface area contributed by atoms with E-state index in [4.69, 9.17) is 21.4 Å². The van der Waals surface area contributed by atoms with E-state index < -0.39 is 5.97 Å². The van der Waals surface area contributed by atoms with Crippen molar-refractivity contribution in [2.45, 2.75) is 39.7 Å². The van der Waals surface area contributed by atoms with Gasteiger partial charge in [0.05, 0.1) is 24.5 Å². The van der Waals surface area contributed by atoms with Crippen molar-refractivity contribution in [3.63, 3.8) is 0 Å². The zero-order chi connectivity index (χ0) is 16.7. The van der Waals surface area contributed by atoms with Gasteiger partial charge in [-0.3, -0.25) is 9.59 Å². The summed E-state index contributed by atoms with van der Waals surface area (Å²) in [5.41, 5.74) is 0.709. The fourth-order valence-corrected chi connectivity index (χ4v) is 2.40. The summed E-state index contributed by atoms with van der Waals surface area (Å²) in [6, 6.07) is 5.21. The van der Waals surface area contributed by atoms with Crippen LogP contribution in [0.15, 0.2) is 18.2 Å². The van der Waals surface area contributed by atoms with Gasteiger partial charge in [-0.25, -0.2) is 0 Å². The van der Waals surface area contributed by atoms with Gasteiger partial charge < -0.3 is 14.7 Å². The Kier molecular flexibility index (Phi) is 7.18. The number of hydrogen-bond donors (Lipinski definition) is 1. The van der Waals surface area contributed by atoms with E-state index in [9.17, 15) is 9.59 Å². The fourth-order valence-electron chi connectivity index (χ4n) is 2.15. The van der Waals surface area contributed by atoms with Crippen molar-refractivity contribution in [3.05, 3.63) is 28.8 Å². The molecule has 1 N–H and O–H groups in total. The number of carbonyl (C=O) groups excluding carboxylic acids is 1. The van der Waals surface area contributed by atoms with E-state index in [1.165, 1.54) is 0 Å². The number of para-hydroxylation sites is 1. The van der Waals surface area contributed by atoms with E-state index >= 15 is 0 Å². The number of aliphatic carboxylic acids is 1. The molecule has 122 valence electrons. The van der Waals surface area contributed by atoms with Crippen molar-refractivity contribution in [3.8, 4) is 5.75 Å². The molecule has 22 heavy (non-hydrogen) atoms. The van der Waals surface area contributed by atoms with Crippen LogP contribution in [0.25, 0.3) is 0 Å². The molecule has 5 nitrogen and oxygen atoms in total. The van der Waals surface area contributed by atoms with Gasteiger partial charge >= 0.3 is 5.97 Å². The van der Waals surface area contributed by atoms with Crippen LogP contribution in [-0.2, 0) is 16.0 Å². The van der Waals surface area contributed by atoms with Crippen LogP contribution < -0.4 is 4.74 Å². The molecule has 6 heteroatoms. The summed E-state index contributed by atoms with van der Waals surface area (Å²) in [4.78, 5) is 24.7. The third-order valence-electron chi connectivity index (χ3n) is 3.19. The fraction of sp³-hybridized carbons (Fsp3) is 0.500. The van der Waals surface area contributed by atoms with E-state index in [0.29, 0.717) is 22.9 Å². The van der Waals surface area contributed by atoms with Crippen LogP contribution in [-0.4, -0.2) is 41.1 Å². The number of carboxylic acid groups (broad SMARTS) is 1. The molecule has 0 bridgehead atoms. The smallest absolute Gasteiger partial charge is 0.305 e. The molecular formula is C16H22ClNO4. The van der Waals surface area contributed by atoms with Gasteiger partial charge in [-0.2, -0.15) is 0 Å². The molecule has 0 atom stereocenters. The van der Waals surface area contributed by atoms with Crippen LogP contribution in [0.2, 0.25) is 5.02 Å². The number of nitrogens with zero attached hydrogens (tertiary/aromatic N) is 1. The lowest BCUT2D eigenvalue weighted by Gasteiger charge is -2.26. The first kappa shape index (κ1) is 18.3. The van der Waals surface area contributed by atoms with Gasteiger partial charge in [0.2, 0.25) is 5.91 Å². The van der Waals surface area contributed by atoms with Crippen molar-refractivity contribution in [2.75, 3.05) is 13.2 Å². The third-order valence-corrected chi connectivity index (χ3v) is 3.49. The molecule has 1 rings (SSSR count). The first-order valence-electron chi connectivity index (χ1n) is 7.28. The number of hydrogen-bond acceptors (Lipinski definition) is 3. The second-order valence-electron chi connectivity index (χ2n) is 5.16. The Labute approximate surface area is 135 Å². The van der Waals surface area contributed by atoms with Crippen LogP contribution in [0.3, 0.4) is 0 Å². The van der Waals surface area contributed by atoms with Crippen LogP contribution in [0, 0.1) is 0 Å². The van der Waals surface area contributed by atoms with Gasteiger partial charge in [0.15, 0.2) is 0 Å². The number of ether oxygens (including phenoxy) is 1. The number of carbonyl (C=O) groups is 2. The lowest BCUT2D eigenvalue weighted by Crippen LogP contribution is -2.39. The van der Waals surface area contributed by atoms with Crippen LogP contribution in [0.1, 0.15) is 32.8 Å². The Balaban J connectivity index is 2.89. The van der Waals surface area contributed by atoms with Gasteiger partial charge in [-0.1, -0.05) is 23.7 Å². The van der Waals surface area contributed by atoms with Gasteiger partial charge in [-0.15, -0.1) is 0 Å². The quantitative estimate of drug-likeness (QED) is 0.797. The molecule has 0 heterocycles. The summed E-state index contributed by atoms with van der Waals surface area (Å²) in [6.45, 7) is 6.22. The number of halogens is 1. The highest BCUT2D eigenvalue weighted by Crippen LogP contribution is 2.29. The topological polar surface area (TPSA) is 66.8 Å². The normalized spacial score (nSPS) is 10.6.